The van der Waals surface area contributed by atoms with Gasteiger partial charge in [-0.1, -0.05) is 13.8 Å². The maximum atomic E-state index is 5.93. The minimum atomic E-state index is 0.290. The fourth-order valence-electron chi connectivity index (χ4n) is 2.88. The van der Waals surface area contributed by atoms with E-state index in [-0.39, 0.29) is 6.04 Å². The van der Waals surface area contributed by atoms with Gasteiger partial charge in [0.25, 0.3) is 0 Å². The first-order valence-corrected chi connectivity index (χ1v) is 7.72. The quantitative estimate of drug-likeness (QED) is 0.892. The van der Waals surface area contributed by atoms with E-state index in [9.17, 15) is 0 Å². The summed E-state index contributed by atoms with van der Waals surface area (Å²) in [4.78, 5) is 4.93. The van der Waals surface area contributed by atoms with Crippen LogP contribution in [0.3, 0.4) is 0 Å². The Kier molecular flexibility index (Phi) is 4.48. The van der Waals surface area contributed by atoms with Crippen molar-refractivity contribution in [3.63, 3.8) is 0 Å². The van der Waals surface area contributed by atoms with Crippen LogP contribution >= 0.6 is 0 Å². The number of hydrogen-bond donors (Lipinski definition) is 1. The summed E-state index contributed by atoms with van der Waals surface area (Å²) in [6.45, 7) is 11.6. The van der Waals surface area contributed by atoms with Crippen LogP contribution in [0.4, 0.5) is 0 Å². The predicted molar refractivity (Wildman–Crippen MR) is 86.3 cm³/mol. The lowest BCUT2D eigenvalue weighted by atomic mass is 10.0. The molecule has 0 aliphatic carbocycles. The van der Waals surface area contributed by atoms with Gasteiger partial charge in [-0.2, -0.15) is 0 Å². The lowest BCUT2D eigenvalue weighted by Gasteiger charge is -2.20. The Morgan fingerprint density at radius 1 is 1.15 bits per heavy atom. The third kappa shape index (κ3) is 2.47. The number of rotatable bonds is 5. The lowest BCUT2D eigenvalue weighted by Crippen LogP contribution is -2.19. The van der Waals surface area contributed by atoms with E-state index in [2.05, 4.69) is 51.3 Å². The Balaban J connectivity index is 2.72. The molecular formula is C17H27N3. The fraction of sp³-hybridized carbons (Fsp3) is 0.588. The van der Waals surface area contributed by atoms with Gasteiger partial charge in [0.05, 0.1) is 11.0 Å². The van der Waals surface area contributed by atoms with Crippen LogP contribution in [0, 0.1) is 13.8 Å². The molecule has 2 N–H and O–H groups in total. The van der Waals surface area contributed by atoms with Crippen molar-refractivity contribution in [1.29, 1.82) is 0 Å². The molecule has 0 saturated heterocycles. The zero-order chi connectivity index (χ0) is 14.9. The van der Waals surface area contributed by atoms with Crippen LogP contribution in [0.5, 0.6) is 0 Å². The molecule has 2 aromatic rings. The number of fused-ring (bicyclic) bond motifs is 1. The van der Waals surface area contributed by atoms with Gasteiger partial charge in [-0.3, -0.25) is 0 Å². The molecule has 110 valence electrons. The summed E-state index contributed by atoms with van der Waals surface area (Å²) < 4.78 is 2.36. The van der Waals surface area contributed by atoms with Crippen LogP contribution in [0.15, 0.2) is 12.1 Å². The minimum Gasteiger partial charge on any atom is -0.328 e. The van der Waals surface area contributed by atoms with E-state index in [4.69, 9.17) is 10.7 Å². The average molecular weight is 273 g/mol. The van der Waals surface area contributed by atoms with E-state index >= 15 is 0 Å². The predicted octanol–water partition coefficient (Wildman–Crippen LogP) is 4.08. The SMILES string of the molecule is CCC(CC)c1nc2cc(C)c(C)cc2n1C(C)CN. The number of hydrogen-bond acceptors (Lipinski definition) is 2. The van der Waals surface area contributed by atoms with E-state index < -0.39 is 0 Å². The molecule has 0 amide bonds. The molecule has 1 heterocycles. The smallest absolute Gasteiger partial charge is 0.113 e. The second kappa shape index (κ2) is 5.96. The highest BCUT2D eigenvalue weighted by Crippen LogP contribution is 2.30. The minimum absolute atomic E-state index is 0.290. The molecule has 2 rings (SSSR count). The molecule has 0 aliphatic rings. The maximum absolute atomic E-state index is 5.93. The van der Waals surface area contributed by atoms with E-state index in [1.54, 1.807) is 0 Å². The highest BCUT2D eigenvalue weighted by atomic mass is 15.1. The van der Waals surface area contributed by atoms with Crippen LogP contribution in [-0.2, 0) is 0 Å². The average Bonchev–Trinajstić information content (AvgIpc) is 2.78. The van der Waals surface area contributed by atoms with Crippen molar-refractivity contribution in [2.24, 2.45) is 5.73 Å². The molecule has 1 atom stereocenters. The van der Waals surface area contributed by atoms with Crippen molar-refractivity contribution >= 4 is 11.0 Å². The third-order valence-corrected chi connectivity index (χ3v) is 4.46. The van der Waals surface area contributed by atoms with Gasteiger partial charge in [0.2, 0.25) is 0 Å². The van der Waals surface area contributed by atoms with Gasteiger partial charge < -0.3 is 10.3 Å². The summed E-state index contributed by atoms with van der Waals surface area (Å²) in [5.74, 6) is 1.71. The summed E-state index contributed by atoms with van der Waals surface area (Å²) in [5, 5.41) is 0. The van der Waals surface area contributed by atoms with Gasteiger partial charge in [0.15, 0.2) is 0 Å². The van der Waals surface area contributed by atoms with E-state index in [1.165, 1.54) is 22.5 Å². The van der Waals surface area contributed by atoms with Gasteiger partial charge in [-0.05, 0) is 56.9 Å². The number of aromatic nitrogens is 2. The highest BCUT2D eigenvalue weighted by molar-refractivity contribution is 5.78. The zero-order valence-electron chi connectivity index (χ0n) is 13.4. The zero-order valence-corrected chi connectivity index (χ0v) is 13.4. The normalized spacial score (nSPS) is 13.3. The molecule has 0 saturated carbocycles. The molecule has 1 unspecified atom stereocenters. The molecule has 3 heteroatoms. The third-order valence-electron chi connectivity index (χ3n) is 4.46. The van der Waals surface area contributed by atoms with Crippen molar-refractivity contribution in [2.45, 2.75) is 59.4 Å². The van der Waals surface area contributed by atoms with Gasteiger partial charge in [0, 0.05) is 18.5 Å². The van der Waals surface area contributed by atoms with Crippen LogP contribution < -0.4 is 5.73 Å². The van der Waals surface area contributed by atoms with Crippen LogP contribution in [0.2, 0.25) is 0 Å². The molecule has 0 spiro atoms. The number of nitrogens with zero attached hydrogens (tertiary/aromatic N) is 2. The van der Waals surface area contributed by atoms with Crippen LogP contribution in [0.1, 0.15) is 62.5 Å². The molecule has 0 aliphatic heterocycles. The first-order chi connectivity index (χ1) is 9.53. The first-order valence-electron chi connectivity index (χ1n) is 7.72. The van der Waals surface area contributed by atoms with Gasteiger partial charge in [-0.15, -0.1) is 0 Å². The Labute approximate surface area is 122 Å². The molecule has 20 heavy (non-hydrogen) atoms. The van der Waals surface area contributed by atoms with Crippen molar-refractivity contribution in [1.82, 2.24) is 9.55 Å². The lowest BCUT2D eigenvalue weighted by molar-refractivity contribution is 0.498. The topological polar surface area (TPSA) is 43.8 Å². The molecule has 0 fully saturated rings. The number of aryl methyl sites for hydroxylation is 2. The Bertz CT molecular complexity index is 594. The molecule has 1 aromatic carbocycles. The number of imidazole rings is 1. The maximum Gasteiger partial charge on any atom is 0.113 e. The Hall–Kier alpha value is -1.35. The van der Waals surface area contributed by atoms with Crippen LogP contribution in [0.25, 0.3) is 11.0 Å². The summed E-state index contributed by atoms with van der Waals surface area (Å²) in [6, 6.07) is 4.75. The monoisotopic (exact) mass is 273 g/mol. The summed E-state index contributed by atoms with van der Waals surface area (Å²) in [5.41, 5.74) is 10.9. The van der Waals surface area contributed by atoms with Crippen LogP contribution in [-0.4, -0.2) is 16.1 Å². The van der Waals surface area contributed by atoms with Gasteiger partial charge in [-0.25, -0.2) is 4.98 Å². The second-order valence-electron chi connectivity index (χ2n) is 5.86. The largest absolute Gasteiger partial charge is 0.328 e. The van der Waals surface area contributed by atoms with Crippen molar-refractivity contribution < 1.29 is 0 Å². The molecular weight excluding hydrogens is 246 g/mol. The molecule has 0 bridgehead atoms. The summed E-state index contributed by atoms with van der Waals surface area (Å²) >= 11 is 0. The standard InChI is InChI=1S/C17H27N3/c1-6-14(7-2)17-19-15-8-11(3)12(4)9-16(15)20(17)13(5)10-18/h8-9,13-14H,6-7,10,18H2,1-5H3. The Morgan fingerprint density at radius 2 is 1.75 bits per heavy atom. The van der Waals surface area contributed by atoms with E-state index in [1.807, 2.05) is 0 Å². The van der Waals surface area contributed by atoms with E-state index in [0.717, 1.165) is 18.4 Å². The Morgan fingerprint density at radius 3 is 2.30 bits per heavy atom. The van der Waals surface area contributed by atoms with Crippen molar-refractivity contribution in [2.75, 3.05) is 6.54 Å². The second-order valence-corrected chi connectivity index (χ2v) is 5.86. The van der Waals surface area contributed by atoms with Crippen molar-refractivity contribution in [3.8, 4) is 0 Å². The van der Waals surface area contributed by atoms with Gasteiger partial charge >= 0.3 is 0 Å². The highest BCUT2D eigenvalue weighted by Gasteiger charge is 2.20. The summed E-state index contributed by atoms with van der Waals surface area (Å²) in [7, 11) is 0. The number of benzene rings is 1. The van der Waals surface area contributed by atoms with Gasteiger partial charge in [0.1, 0.15) is 5.82 Å². The molecule has 3 nitrogen and oxygen atoms in total. The summed E-state index contributed by atoms with van der Waals surface area (Å²) in [6.07, 6.45) is 2.24. The molecule has 0 radical (unpaired) electrons. The number of nitrogens with two attached hydrogens (primary N) is 1. The first kappa shape index (κ1) is 15.0. The molecule has 1 aromatic heterocycles. The van der Waals surface area contributed by atoms with E-state index in [0.29, 0.717) is 12.5 Å². The fourth-order valence-corrected chi connectivity index (χ4v) is 2.88. The van der Waals surface area contributed by atoms with Crippen molar-refractivity contribution in [3.05, 3.63) is 29.1 Å².